The average molecular weight is 214 g/mol. The molecule has 3 nitrogen and oxygen atoms in total. The fourth-order valence-corrected chi connectivity index (χ4v) is 2.17. The smallest absolute Gasteiger partial charge is 0.0503 e. The Kier molecular flexibility index (Phi) is 5.58. The van der Waals surface area contributed by atoms with Crippen LogP contribution < -0.4 is 5.32 Å². The standard InChI is InChI=1S/C12H26N2O/c1-10(2)13-7-11(3)14-6-5-12(8-14)9-15-4/h10-13H,5-9H2,1-4H3. The molecule has 0 aromatic rings. The first-order valence-corrected chi connectivity index (χ1v) is 6.09. The minimum atomic E-state index is 0.588. The van der Waals surface area contributed by atoms with Gasteiger partial charge in [0.2, 0.25) is 0 Å². The van der Waals surface area contributed by atoms with Crippen molar-refractivity contribution in [2.75, 3.05) is 33.4 Å². The normalized spacial score (nSPS) is 25.0. The lowest BCUT2D eigenvalue weighted by Gasteiger charge is -2.25. The molecule has 0 saturated carbocycles. The highest BCUT2D eigenvalue weighted by Crippen LogP contribution is 2.18. The first-order chi connectivity index (χ1) is 7.13. The predicted molar refractivity (Wildman–Crippen MR) is 64.2 cm³/mol. The highest BCUT2D eigenvalue weighted by atomic mass is 16.5. The van der Waals surface area contributed by atoms with E-state index in [2.05, 4.69) is 31.0 Å². The van der Waals surface area contributed by atoms with Crippen molar-refractivity contribution in [1.29, 1.82) is 0 Å². The molecule has 1 heterocycles. The molecule has 1 aliphatic rings. The minimum Gasteiger partial charge on any atom is -0.384 e. The maximum atomic E-state index is 5.21. The molecular formula is C12H26N2O. The first kappa shape index (κ1) is 12.9. The second kappa shape index (κ2) is 6.46. The Morgan fingerprint density at radius 2 is 2.13 bits per heavy atom. The predicted octanol–water partition coefficient (Wildman–Crippen LogP) is 1.34. The number of nitrogens with one attached hydrogen (secondary N) is 1. The molecule has 90 valence electrons. The van der Waals surface area contributed by atoms with Crippen LogP contribution in [-0.4, -0.2) is 50.3 Å². The number of likely N-dealkylation sites (tertiary alicyclic amines) is 1. The first-order valence-electron chi connectivity index (χ1n) is 6.09. The number of ether oxygens (including phenoxy) is 1. The molecule has 1 N–H and O–H groups in total. The van der Waals surface area contributed by atoms with E-state index in [1.807, 2.05) is 0 Å². The van der Waals surface area contributed by atoms with E-state index in [0.29, 0.717) is 12.1 Å². The van der Waals surface area contributed by atoms with Gasteiger partial charge in [-0.1, -0.05) is 13.8 Å². The van der Waals surface area contributed by atoms with Gasteiger partial charge in [-0.25, -0.2) is 0 Å². The number of methoxy groups -OCH3 is 1. The van der Waals surface area contributed by atoms with Crippen LogP contribution in [0.5, 0.6) is 0 Å². The van der Waals surface area contributed by atoms with Crippen molar-refractivity contribution in [3.05, 3.63) is 0 Å². The number of rotatable bonds is 6. The van der Waals surface area contributed by atoms with Crippen LogP contribution in [0.2, 0.25) is 0 Å². The third-order valence-corrected chi connectivity index (χ3v) is 3.16. The van der Waals surface area contributed by atoms with Crippen LogP contribution in [0.3, 0.4) is 0 Å². The molecule has 0 aromatic heterocycles. The third-order valence-electron chi connectivity index (χ3n) is 3.16. The molecule has 0 amide bonds. The van der Waals surface area contributed by atoms with E-state index in [-0.39, 0.29) is 0 Å². The maximum absolute atomic E-state index is 5.21. The van der Waals surface area contributed by atoms with Gasteiger partial charge in [0.25, 0.3) is 0 Å². The van der Waals surface area contributed by atoms with Crippen LogP contribution in [0.15, 0.2) is 0 Å². The molecule has 0 aliphatic carbocycles. The topological polar surface area (TPSA) is 24.5 Å². The van der Waals surface area contributed by atoms with E-state index in [0.717, 1.165) is 19.1 Å². The quantitative estimate of drug-likeness (QED) is 0.722. The maximum Gasteiger partial charge on any atom is 0.0503 e. The molecular weight excluding hydrogens is 188 g/mol. The van der Waals surface area contributed by atoms with Crippen LogP contribution in [0, 0.1) is 5.92 Å². The summed E-state index contributed by atoms with van der Waals surface area (Å²) in [7, 11) is 1.80. The molecule has 1 aliphatic heterocycles. The lowest BCUT2D eigenvalue weighted by atomic mass is 10.1. The second-order valence-electron chi connectivity index (χ2n) is 5.02. The Morgan fingerprint density at radius 3 is 2.73 bits per heavy atom. The SMILES string of the molecule is COCC1CCN(C(C)CNC(C)C)C1. The van der Waals surface area contributed by atoms with Crippen LogP contribution in [0.4, 0.5) is 0 Å². The van der Waals surface area contributed by atoms with Gasteiger partial charge in [0.1, 0.15) is 0 Å². The van der Waals surface area contributed by atoms with Gasteiger partial charge < -0.3 is 10.1 Å². The molecule has 2 atom stereocenters. The summed E-state index contributed by atoms with van der Waals surface area (Å²) < 4.78 is 5.21. The van der Waals surface area contributed by atoms with Gasteiger partial charge in [-0.15, -0.1) is 0 Å². The van der Waals surface area contributed by atoms with Gasteiger partial charge in [0, 0.05) is 32.3 Å². The lowest BCUT2D eigenvalue weighted by molar-refractivity contribution is 0.148. The highest BCUT2D eigenvalue weighted by molar-refractivity contribution is 4.80. The van der Waals surface area contributed by atoms with Crippen molar-refractivity contribution in [3.8, 4) is 0 Å². The third kappa shape index (κ3) is 4.49. The van der Waals surface area contributed by atoms with Crippen molar-refractivity contribution in [2.45, 2.75) is 39.3 Å². The van der Waals surface area contributed by atoms with E-state index in [1.165, 1.54) is 19.5 Å². The fraction of sp³-hybridized carbons (Fsp3) is 1.00. The van der Waals surface area contributed by atoms with Crippen LogP contribution in [-0.2, 0) is 4.74 Å². The van der Waals surface area contributed by atoms with Gasteiger partial charge in [-0.2, -0.15) is 0 Å². The van der Waals surface area contributed by atoms with Crippen molar-refractivity contribution >= 4 is 0 Å². The van der Waals surface area contributed by atoms with E-state index < -0.39 is 0 Å². The Morgan fingerprint density at radius 1 is 1.40 bits per heavy atom. The molecule has 0 spiro atoms. The fourth-order valence-electron chi connectivity index (χ4n) is 2.17. The molecule has 1 fully saturated rings. The molecule has 1 rings (SSSR count). The Bertz CT molecular complexity index is 173. The van der Waals surface area contributed by atoms with Crippen molar-refractivity contribution < 1.29 is 4.74 Å². The second-order valence-corrected chi connectivity index (χ2v) is 5.02. The number of nitrogens with zero attached hydrogens (tertiary/aromatic N) is 1. The highest BCUT2D eigenvalue weighted by Gasteiger charge is 2.25. The summed E-state index contributed by atoms with van der Waals surface area (Å²) in [6.07, 6.45) is 1.29. The van der Waals surface area contributed by atoms with Crippen LogP contribution in [0.1, 0.15) is 27.2 Å². The summed E-state index contributed by atoms with van der Waals surface area (Å²) >= 11 is 0. The molecule has 0 bridgehead atoms. The van der Waals surface area contributed by atoms with Gasteiger partial charge >= 0.3 is 0 Å². The molecule has 0 radical (unpaired) electrons. The van der Waals surface area contributed by atoms with E-state index in [9.17, 15) is 0 Å². The van der Waals surface area contributed by atoms with Crippen LogP contribution >= 0.6 is 0 Å². The van der Waals surface area contributed by atoms with E-state index in [4.69, 9.17) is 4.74 Å². The zero-order valence-electron chi connectivity index (χ0n) is 10.6. The summed E-state index contributed by atoms with van der Waals surface area (Å²) in [5.41, 5.74) is 0. The molecule has 15 heavy (non-hydrogen) atoms. The van der Waals surface area contributed by atoms with Gasteiger partial charge in [0.15, 0.2) is 0 Å². The van der Waals surface area contributed by atoms with Gasteiger partial charge in [0.05, 0.1) is 6.61 Å². The average Bonchev–Trinajstić information content (AvgIpc) is 2.63. The minimum absolute atomic E-state index is 0.588. The summed E-state index contributed by atoms with van der Waals surface area (Å²) in [5, 5.41) is 3.50. The Balaban J connectivity index is 2.20. The van der Waals surface area contributed by atoms with Gasteiger partial charge in [-0.3, -0.25) is 4.90 Å². The Hall–Kier alpha value is -0.120. The Labute approximate surface area is 94.2 Å². The summed E-state index contributed by atoms with van der Waals surface area (Å²) in [6, 6.07) is 1.24. The number of hydrogen-bond donors (Lipinski definition) is 1. The van der Waals surface area contributed by atoms with Gasteiger partial charge in [-0.05, 0) is 25.8 Å². The number of hydrogen-bond acceptors (Lipinski definition) is 3. The summed E-state index contributed by atoms with van der Waals surface area (Å²) in [6.45, 7) is 11.2. The summed E-state index contributed by atoms with van der Waals surface area (Å²) in [5.74, 6) is 0.747. The van der Waals surface area contributed by atoms with Crippen molar-refractivity contribution in [1.82, 2.24) is 10.2 Å². The lowest BCUT2D eigenvalue weighted by Crippen LogP contribution is -2.41. The zero-order valence-corrected chi connectivity index (χ0v) is 10.6. The van der Waals surface area contributed by atoms with Crippen LogP contribution in [0.25, 0.3) is 0 Å². The molecule has 2 unspecified atom stereocenters. The van der Waals surface area contributed by atoms with Crippen molar-refractivity contribution in [3.63, 3.8) is 0 Å². The summed E-state index contributed by atoms with van der Waals surface area (Å²) in [4.78, 5) is 2.57. The van der Waals surface area contributed by atoms with Crippen molar-refractivity contribution in [2.24, 2.45) is 5.92 Å². The van der Waals surface area contributed by atoms with E-state index in [1.54, 1.807) is 7.11 Å². The largest absolute Gasteiger partial charge is 0.384 e. The molecule has 3 heteroatoms. The molecule has 0 aromatic carbocycles. The van der Waals surface area contributed by atoms with E-state index >= 15 is 0 Å². The zero-order chi connectivity index (χ0) is 11.3. The monoisotopic (exact) mass is 214 g/mol. The molecule has 1 saturated heterocycles.